The summed E-state index contributed by atoms with van der Waals surface area (Å²) in [7, 11) is 0. The molecule has 3 unspecified atom stereocenters. The molecular formula is C12H17Cl2O9-. The third-order valence-corrected chi connectivity index (χ3v) is 3.17. The van der Waals surface area contributed by atoms with Crippen LogP contribution in [0.2, 0.25) is 0 Å². The van der Waals surface area contributed by atoms with Gasteiger partial charge in [-0.3, -0.25) is 4.79 Å². The number of ether oxygens (including phenoxy) is 2. The standard InChI is InChI=1S/C12H18Cl2O9/c13-3-7(15)5-22-10(19)2-12(21,1-9(17)18)11(20)23-6-8(16)4-14/h7-8,15-16,21H,1-6H2,(H,17,18)/p-1. The molecule has 3 N–H and O–H groups in total. The minimum atomic E-state index is -2.74. The zero-order valence-electron chi connectivity index (χ0n) is 11.9. The van der Waals surface area contributed by atoms with Gasteiger partial charge in [0.1, 0.15) is 25.4 Å². The Morgan fingerprint density at radius 1 is 1.00 bits per heavy atom. The Bertz CT molecular complexity index is 417. The zero-order chi connectivity index (χ0) is 18.0. The number of halogens is 2. The fourth-order valence-corrected chi connectivity index (χ4v) is 1.50. The highest BCUT2D eigenvalue weighted by molar-refractivity contribution is 6.18. The molecule has 0 aliphatic heterocycles. The number of esters is 2. The number of carboxylic acid groups (broad SMARTS) is 1. The third-order valence-electron chi connectivity index (χ3n) is 2.45. The van der Waals surface area contributed by atoms with Crippen LogP contribution in [-0.2, 0) is 23.9 Å². The Hall–Kier alpha value is -1.13. The summed E-state index contributed by atoms with van der Waals surface area (Å²) in [5, 5.41) is 39.0. The molecule has 0 amide bonds. The first-order chi connectivity index (χ1) is 10.6. The van der Waals surface area contributed by atoms with Crippen LogP contribution in [0.3, 0.4) is 0 Å². The molecule has 3 atom stereocenters. The molecule has 0 spiro atoms. The SMILES string of the molecule is O=C([O-])CC(O)(CC(=O)OCC(O)CCl)C(=O)OCC(O)CCl. The van der Waals surface area contributed by atoms with Crippen molar-refractivity contribution in [2.45, 2.75) is 30.7 Å². The van der Waals surface area contributed by atoms with E-state index in [2.05, 4.69) is 9.47 Å². The summed E-state index contributed by atoms with van der Waals surface area (Å²) in [6.07, 6.45) is -4.65. The van der Waals surface area contributed by atoms with Gasteiger partial charge in [-0.1, -0.05) is 0 Å². The van der Waals surface area contributed by atoms with Crippen molar-refractivity contribution in [1.29, 1.82) is 0 Å². The monoisotopic (exact) mass is 375 g/mol. The summed E-state index contributed by atoms with van der Waals surface area (Å²) < 4.78 is 9.06. The van der Waals surface area contributed by atoms with Gasteiger partial charge >= 0.3 is 11.9 Å². The molecule has 0 bridgehead atoms. The topological polar surface area (TPSA) is 153 Å². The summed E-state index contributed by atoms with van der Waals surface area (Å²) in [6, 6.07) is 0. The number of carbonyl (C=O) groups excluding carboxylic acids is 3. The van der Waals surface area contributed by atoms with E-state index in [-0.39, 0.29) is 11.8 Å². The van der Waals surface area contributed by atoms with Crippen molar-refractivity contribution in [3.8, 4) is 0 Å². The zero-order valence-corrected chi connectivity index (χ0v) is 13.5. The lowest BCUT2D eigenvalue weighted by atomic mass is 9.95. The van der Waals surface area contributed by atoms with Gasteiger partial charge in [-0.05, 0) is 0 Å². The lowest BCUT2D eigenvalue weighted by Gasteiger charge is -2.26. The molecule has 0 rings (SSSR count). The van der Waals surface area contributed by atoms with E-state index >= 15 is 0 Å². The molecule has 0 radical (unpaired) electrons. The average molecular weight is 376 g/mol. The molecule has 0 aromatic carbocycles. The molecule has 0 heterocycles. The van der Waals surface area contributed by atoms with Crippen LogP contribution in [-0.4, -0.2) is 76.0 Å². The minimum absolute atomic E-state index is 0.213. The quantitative estimate of drug-likeness (QED) is 0.263. The van der Waals surface area contributed by atoms with Crippen LogP contribution in [0, 0.1) is 0 Å². The van der Waals surface area contributed by atoms with E-state index in [1.54, 1.807) is 0 Å². The molecule has 0 aromatic heterocycles. The molecule has 134 valence electrons. The summed E-state index contributed by atoms with van der Waals surface area (Å²) >= 11 is 10.6. The number of aliphatic hydroxyl groups excluding tert-OH is 2. The van der Waals surface area contributed by atoms with Crippen LogP contribution < -0.4 is 5.11 Å². The number of hydrogen-bond acceptors (Lipinski definition) is 9. The van der Waals surface area contributed by atoms with E-state index in [9.17, 15) is 24.6 Å². The van der Waals surface area contributed by atoms with Crippen molar-refractivity contribution in [3.63, 3.8) is 0 Å². The number of carboxylic acids is 1. The van der Waals surface area contributed by atoms with Crippen molar-refractivity contribution in [3.05, 3.63) is 0 Å². The second kappa shape index (κ2) is 10.6. The Kier molecular flexibility index (Phi) is 10.1. The molecule has 9 nitrogen and oxygen atoms in total. The molecule has 0 aromatic rings. The molecule has 0 aliphatic rings. The number of alkyl halides is 2. The van der Waals surface area contributed by atoms with E-state index in [4.69, 9.17) is 33.4 Å². The van der Waals surface area contributed by atoms with Crippen LogP contribution in [0.4, 0.5) is 0 Å². The van der Waals surface area contributed by atoms with E-state index in [1.165, 1.54) is 0 Å². The van der Waals surface area contributed by atoms with Gasteiger partial charge in [0.25, 0.3) is 0 Å². The van der Waals surface area contributed by atoms with Gasteiger partial charge in [-0.15, -0.1) is 23.2 Å². The lowest BCUT2D eigenvalue weighted by molar-refractivity contribution is -0.309. The molecule has 0 saturated carbocycles. The number of carbonyl (C=O) groups is 3. The average Bonchev–Trinajstić information content (AvgIpc) is 2.48. The largest absolute Gasteiger partial charge is 0.550 e. The van der Waals surface area contributed by atoms with Crippen molar-refractivity contribution in [2.75, 3.05) is 25.0 Å². The van der Waals surface area contributed by atoms with Gasteiger partial charge in [0, 0.05) is 12.4 Å². The first-order valence-corrected chi connectivity index (χ1v) is 7.44. The van der Waals surface area contributed by atoms with Crippen LogP contribution in [0.5, 0.6) is 0 Å². The fourth-order valence-electron chi connectivity index (χ4n) is 1.32. The van der Waals surface area contributed by atoms with Gasteiger partial charge in [0.2, 0.25) is 0 Å². The van der Waals surface area contributed by atoms with Gasteiger partial charge < -0.3 is 34.7 Å². The smallest absolute Gasteiger partial charge is 0.339 e. The van der Waals surface area contributed by atoms with Crippen molar-refractivity contribution in [2.24, 2.45) is 0 Å². The van der Waals surface area contributed by atoms with E-state index < -0.39 is 61.8 Å². The first kappa shape index (κ1) is 21.9. The Balaban J connectivity index is 4.78. The number of rotatable bonds is 11. The first-order valence-electron chi connectivity index (χ1n) is 6.37. The predicted molar refractivity (Wildman–Crippen MR) is 74.6 cm³/mol. The van der Waals surface area contributed by atoms with Crippen molar-refractivity contribution in [1.82, 2.24) is 0 Å². The number of hydrogen-bond donors (Lipinski definition) is 3. The number of aliphatic hydroxyl groups is 3. The fraction of sp³-hybridized carbons (Fsp3) is 0.750. The van der Waals surface area contributed by atoms with Gasteiger partial charge in [-0.2, -0.15) is 0 Å². The van der Waals surface area contributed by atoms with Crippen molar-refractivity contribution >= 4 is 41.1 Å². The molecule has 11 heteroatoms. The minimum Gasteiger partial charge on any atom is -0.550 e. The number of aliphatic carboxylic acids is 1. The maximum Gasteiger partial charge on any atom is 0.339 e. The Morgan fingerprint density at radius 2 is 1.48 bits per heavy atom. The normalized spacial score (nSPS) is 16.0. The lowest BCUT2D eigenvalue weighted by Crippen LogP contribution is -2.47. The second-order valence-corrected chi connectivity index (χ2v) is 5.27. The molecule has 23 heavy (non-hydrogen) atoms. The maximum atomic E-state index is 11.8. The predicted octanol–water partition coefficient (Wildman–Crippen LogP) is -2.47. The summed E-state index contributed by atoms with van der Waals surface area (Å²) in [4.78, 5) is 33.9. The van der Waals surface area contributed by atoms with Gasteiger partial charge in [0.15, 0.2) is 5.60 Å². The van der Waals surface area contributed by atoms with E-state index in [0.717, 1.165) is 0 Å². The van der Waals surface area contributed by atoms with Crippen LogP contribution >= 0.6 is 23.2 Å². The highest BCUT2D eigenvalue weighted by atomic mass is 35.5. The molecule has 0 saturated heterocycles. The molecule has 0 fully saturated rings. The van der Waals surface area contributed by atoms with Gasteiger partial charge in [0.05, 0.1) is 18.2 Å². The highest BCUT2D eigenvalue weighted by Crippen LogP contribution is 2.19. The summed E-state index contributed by atoms with van der Waals surface area (Å²) in [6.45, 7) is -1.10. The van der Waals surface area contributed by atoms with Crippen LogP contribution in [0.25, 0.3) is 0 Å². The second-order valence-electron chi connectivity index (χ2n) is 4.65. The third kappa shape index (κ3) is 8.92. The summed E-state index contributed by atoms with van der Waals surface area (Å²) in [5.74, 6) is -4.90. The van der Waals surface area contributed by atoms with Gasteiger partial charge in [-0.25, -0.2) is 4.79 Å². The highest BCUT2D eigenvalue weighted by Gasteiger charge is 2.41. The van der Waals surface area contributed by atoms with Crippen molar-refractivity contribution < 1.29 is 44.3 Å². The molecular weight excluding hydrogens is 359 g/mol. The Morgan fingerprint density at radius 3 is 1.91 bits per heavy atom. The summed E-state index contributed by atoms with van der Waals surface area (Å²) in [5.41, 5.74) is -2.74. The maximum absolute atomic E-state index is 11.8. The van der Waals surface area contributed by atoms with Crippen LogP contribution in [0.15, 0.2) is 0 Å². The molecule has 0 aliphatic carbocycles. The van der Waals surface area contributed by atoms with Crippen LogP contribution in [0.1, 0.15) is 12.8 Å². The van der Waals surface area contributed by atoms with E-state index in [1.807, 2.05) is 0 Å². The Labute approximate surface area is 141 Å². The van der Waals surface area contributed by atoms with E-state index in [0.29, 0.717) is 0 Å².